The molecule has 2 aromatic heterocycles. The number of aromatic nitrogens is 2. The predicted octanol–water partition coefficient (Wildman–Crippen LogP) is 10.1. The summed E-state index contributed by atoms with van der Waals surface area (Å²) in [6.45, 7) is 4.07. The molecule has 0 saturated carbocycles. The zero-order valence-electron chi connectivity index (χ0n) is 22.6. The van der Waals surface area contributed by atoms with Crippen LogP contribution in [0.15, 0.2) is 134 Å². The number of hydrogen-bond acceptors (Lipinski definition) is 2. The summed E-state index contributed by atoms with van der Waals surface area (Å²) in [4.78, 5) is 9.14. The van der Waals surface area contributed by atoms with Crippen LogP contribution in [-0.2, 0) is 0 Å². The van der Waals surface area contributed by atoms with Gasteiger partial charge in [0.2, 0.25) is 0 Å². The van der Waals surface area contributed by atoms with Crippen LogP contribution in [0.3, 0.4) is 0 Å². The average molecular weight is 513 g/mol. The second-order valence-corrected chi connectivity index (χ2v) is 10.3. The number of fused-ring (bicyclic) bond motifs is 2. The highest BCUT2D eigenvalue weighted by molar-refractivity contribution is 6.21. The molecule has 0 aliphatic heterocycles. The van der Waals surface area contributed by atoms with Gasteiger partial charge in [0.1, 0.15) is 0 Å². The SMILES string of the molecule is Cc1cc(-c2ccc(-c3c4ccccc4c(-c4cccc(-c5cccc(C)n5)c4)c4ccccc34)cc2)ccn1. The standard InChI is InChI=1S/C38H28N2/c1-25-9-7-16-36(40-25)30-10-8-11-31(24-30)38-34-14-5-3-12-32(34)37(33-13-4-6-15-35(33)38)28-19-17-27(18-20-28)29-21-22-39-26(2)23-29/h3-24H,1-2H3. The lowest BCUT2D eigenvalue weighted by Crippen LogP contribution is -1.92. The quantitative estimate of drug-likeness (QED) is 0.219. The van der Waals surface area contributed by atoms with Gasteiger partial charge in [0.25, 0.3) is 0 Å². The normalized spacial score (nSPS) is 11.2. The molecule has 0 saturated heterocycles. The Balaban J connectivity index is 1.45. The third kappa shape index (κ3) is 4.24. The number of nitrogens with zero attached hydrogens (tertiary/aromatic N) is 2. The van der Waals surface area contributed by atoms with Crippen LogP contribution in [0, 0.1) is 13.8 Å². The highest BCUT2D eigenvalue weighted by atomic mass is 14.7. The number of hydrogen-bond donors (Lipinski definition) is 0. The van der Waals surface area contributed by atoms with Gasteiger partial charge in [-0.2, -0.15) is 0 Å². The van der Waals surface area contributed by atoms with E-state index in [9.17, 15) is 0 Å². The van der Waals surface area contributed by atoms with Crippen molar-refractivity contribution in [1.82, 2.24) is 9.97 Å². The maximum atomic E-state index is 4.79. The van der Waals surface area contributed by atoms with Crippen molar-refractivity contribution >= 4 is 21.5 Å². The Hall–Kier alpha value is -5.08. The monoisotopic (exact) mass is 512 g/mol. The Morgan fingerprint density at radius 1 is 0.400 bits per heavy atom. The highest BCUT2D eigenvalue weighted by Crippen LogP contribution is 2.44. The Bertz CT molecular complexity index is 1960. The summed E-state index contributed by atoms with van der Waals surface area (Å²) in [5.41, 5.74) is 11.5. The van der Waals surface area contributed by atoms with E-state index < -0.39 is 0 Å². The zero-order chi connectivity index (χ0) is 27.1. The molecule has 190 valence electrons. The molecular formula is C38H28N2. The number of aryl methyl sites for hydroxylation is 2. The minimum absolute atomic E-state index is 0.997. The molecule has 0 bridgehead atoms. The fourth-order valence-corrected chi connectivity index (χ4v) is 5.84. The molecule has 0 aliphatic carbocycles. The molecule has 0 atom stereocenters. The molecule has 5 aromatic carbocycles. The van der Waals surface area contributed by atoms with Crippen LogP contribution < -0.4 is 0 Å². The lowest BCUT2D eigenvalue weighted by Gasteiger charge is -2.18. The Morgan fingerprint density at radius 3 is 1.60 bits per heavy atom. The summed E-state index contributed by atoms with van der Waals surface area (Å²) in [6, 6.07) is 45.8. The first-order chi connectivity index (χ1) is 19.7. The van der Waals surface area contributed by atoms with Gasteiger partial charge in [-0.1, -0.05) is 97.1 Å². The molecule has 7 rings (SSSR count). The van der Waals surface area contributed by atoms with Crippen molar-refractivity contribution in [3.05, 3.63) is 145 Å². The smallest absolute Gasteiger partial charge is 0.0705 e. The third-order valence-corrected chi connectivity index (χ3v) is 7.67. The van der Waals surface area contributed by atoms with Gasteiger partial charge in [-0.15, -0.1) is 0 Å². The molecule has 2 heteroatoms. The van der Waals surface area contributed by atoms with Crippen LogP contribution in [0.2, 0.25) is 0 Å². The average Bonchev–Trinajstić information content (AvgIpc) is 3.00. The van der Waals surface area contributed by atoms with Gasteiger partial charge in [-0.05, 0) is 99.1 Å². The van der Waals surface area contributed by atoms with Gasteiger partial charge in [0.05, 0.1) is 5.69 Å². The van der Waals surface area contributed by atoms with Gasteiger partial charge in [0.15, 0.2) is 0 Å². The molecule has 2 nitrogen and oxygen atoms in total. The van der Waals surface area contributed by atoms with Crippen molar-refractivity contribution in [1.29, 1.82) is 0 Å². The lowest BCUT2D eigenvalue weighted by atomic mass is 9.85. The predicted molar refractivity (Wildman–Crippen MR) is 168 cm³/mol. The van der Waals surface area contributed by atoms with Crippen molar-refractivity contribution in [2.75, 3.05) is 0 Å². The van der Waals surface area contributed by atoms with Crippen molar-refractivity contribution in [3.8, 4) is 44.6 Å². The molecule has 0 N–H and O–H groups in total. The topological polar surface area (TPSA) is 25.8 Å². The van der Waals surface area contributed by atoms with Crippen LogP contribution in [-0.4, -0.2) is 9.97 Å². The maximum Gasteiger partial charge on any atom is 0.0705 e. The van der Waals surface area contributed by atoms with Gasteiger partial charge < -0.3 is 0 Å². The zero-order valence-corrected chi connectivity index (χ0v) is 22.6. The van der Waals surface area contributed by atoms with E-state index in [0.717, 1.165) is 22.6 Å². The van der Waals surface area contributed by atoms with Crippen LogP contribution in [0.4, 0.5) is 0 Å². The van der Waals surface area contributed by atoms with Crippen LogP contribution in [0.25, 0.3) is 66.2 Å². The summed E-state index contributed by atoms with van der Waals surface area (Å²) in [5, 5.41) is 5.00. The number of pyridine rings is 2. The molecule has 40 heavy (non-hydrogen) atoms. The van der Waals surface area contributed by atoms with E-state index in [1.54, 1.807) is 0 Å². The van der Waals surface area contributed by atoms with E-state index in [4.69, 9.17) is 4.98 Å². The Kier molecular flexibility index (Phi) is 5.94. The summed E-state index contributed by atoms with van der Waals surface area (Å²) >= 11 is 0. The maximum absolute atomic E-state index is 4.79. The summed E-state index contributed by atoms with van der Waals surface area (Å²) in [6.07, 6.45) is 1.88. The van der Waals surface area contributed by atoms with Crippen molar-refractivity contribution in [2.45, 2.75) is 13.8 Å². The van der Waals surface area contributed by atoms with E-state index in [1.807, 2.05) is 26.1 Å². The van der Waals surface area contributed by atoms with Gasteiger partial charge >= 0.3 is 0 Å². The Labute approximate surface area is 234 Å². The molecule has 0 aliphatic rings. The molecule has 0 unspecified atom stereocenters. The van der Waals surface area contributed by atoms with Crippen molar-refractivity contribution in [3.63, 3.8) is 0 Å². The highest BCUT2D eigenvalue weighted by Gasteiger charge is 2.17. The molecule has 0 fully saturated rings. The van der Waals surface area contributed by atoms with Gasteiger partial charge in [-0.25, -0.2) is 0 Å². The van der Waals surface area contributed by atoms with Crippen LogP contribution >= 0.6 is 0 Å². The first kappa shape index (κ1) is 24.0. The summed E-state index contributed by atoms with van der Waals surface area (Å²) < 4.78 is 0. The third-order valence-electron chi connectivity index (χ3n) is 7.67. The van der Waals surface area contributed by atoms with Crippen molar-refractivity contribution < 1.29 is 0 Å². The largest absolute Gasteiger partial charge is 0.262 e. The Morgan fingerprint density at radius 2 is 0.975 bits per heavy atom. The summed E-state index contributed by atoms with van der Waals surface area (Å²) in [7, 11) is 0. The molecule has 0 spiro atoms. The van der Waals surface area contributed by atoms with Gasteiger partial charge in [0, 0.05) is 23.1 Å². The second-order valence-electron chi connectivity index (χ2n) is 10.3. The number of benzene rings is 5. The van der Waals surface area contributed by atoms with E-state index in [2.05, 4.69) is 126 Å². The fourth-order valence-electron chi connectivity index (χ4n) is 5.84. The molecule has 0 radical (unpaired) electrons. The van der Waals surface area contributed by atoms with E-state index in [0.29, 0.717) is 0 Å². The van der Waals surface area contributed by atoms with Crippen LogP contribution in [0.5, 0.6) is 0 Å². The van der Waals surface area contributed by atoms with Gasteiger partial charge in [-0.3, -0.25) is 9.97 Å². The van der Waals surface area contributed by atoms with E-state index >= 15 is 0 Å². The first-order valence-corrected chi connectivity index (χ1v) is 13.7. The lowest BCUT2D eigenvalue weighted by molar-refractivity contribution is 1.20. The van der Waals surface area contributed by atoms with Crippen molar-refractivity contribution in [2.24, 2.45) is 0 Å². The first-order valence-electron chi connectivity index (χ1n) is 13.7. The fraction of sp³-hybridized carbons (Fsp3) is 0.0526. The second kappa shape index (κ2) is 9.91. The summed E-state index contributed by atoms with van der Waals surface area (Å²) in [5.74, 6) is 0. The van der Waals surface area contributed by atoms with Crippen LogP contribution in [0.1, 0.15) is 11.4 Å². The minimum atomic E-state index is 0.997. The molecule has 0 amide bonds. The number of rotatable bonds is 4. The molecule has 2 heterocycles. The van der Waals surface area contributed by atoms with E-state index in [-0.39, 0.29) is 0 Å². The molecular weight excluding hydrogens is 484 g/mol. The molecule has 7 aromatic rings. The minimum Gasteiger partial charge on any atom is -0.262 e. The van der Waals surface area contributed by atoms with E-state index in [1.165, 1.54) is 54.9 Å².